The van der Waals surface area contributed by atoms with Crippen molar-refractivity contribution in [2.24, 2.45) is 0 Å². The van der Waals surface area contributed by atoms with Gasteiger partial charge in [0, 0.05) is 27.7 Å². The van der Waals surface area contributed by atoms with Crippen molar-refractivity contribution < 1.29 is 9.53 Å². The van der Waals surface area contributed by atoms with Crippen molar-refractivity contribution in [3.63, 3.8) is 0 Å². The molecule has 0 spiro atoms. The molecule has 0 fully saturated rings. The quantitative estimate of drug-likeness (QED) is 0.295. The van der Waals surface area contributed by atoms with Gasteiger partial charge in [-0.3, -0.25) is 4.79 Å². The van der Waals surface area contributed by atoms with Crippen LogP contribution < -0.4 is 9.64 Å². The van der Waals surface area contributed by atoms with E-state index in [2.05, 4.69) is 6.07 Å². The van der Waals surface area contributed by atoms with E-state index in [0.717, 1.165) is 33.6 Å². The summed E-state index contributed by atoms with van der Waals surface area (Å²) in [6, 6.07) is 27.0. The van der Waals surface area contributed by atoms with Gasteiger partial charge in [-0.1, -0.05) is 47.5 Å². The molecule has 3 aromatic carbocycles. The number of fused-ring (bicyclic) bond motifs is 1. The molecule has 1 aromatic heterocycles. The topological polar surface area (TPSA) is 66.2 Å². The number of nitrogens with zero attached hydrogens (tertiary/aromatic N) is 3. The molecule has 0 atom stereocenters. The number of rotatable bonds is 5. The van der Waals surface area contributed by atoms with Gasteiger partial charge in [0.2, 0.25) is 0 Å². The Bertz CT molecular complexity index is 1380. The maximum atomic E-state index is 12.5. The Morgan fingerprint density at radius 3 is 2.09 bits per heavy atom. The van der Waals surface area contributed by atoms with Crippen LogP contribution in [-0.2, 0) is 4.79 Å². The lowest BCUT2D eigenvalue weighted by Crippen LogP contribution is -2.39. The maximum absolute atomic E-state index is 12.5. The molecular formula is C28H19Cl2N3O2. The molecular weight excluding hydrogens is 481 g/mol. The van der Waals surface area contributed by atoms with Crippen LogP contribution in [0.1, 0.15) is 6.42 Å². The van der Waals surface area contributed by atoms with E-state index in [1.807, 2.05) is 78.9 Å². The number of carbonyl (C=O) groups excluding carboxylic acids is 1. The Morgan fingerprint density at radius 1 is 0.829 bits per heavy atom. The molecule has 0 aliphatic carbocycles. The van der Waals surface area contributed by atoms with Gasteiger partial charge >= 0.3 is 0 Å². The van der Waals surface area contributed by atoms with Crippen LogP contribution in [0, 0.1) is 11.3 Å². The molecule has 0 bridgehead atoms. The van der Waals surface area contributed by atoms with Gasteiger partial charge in [0.25, 0.3) is 5.91 Å². The van der Waals surface area contributed by atoms with Crippen LogP contribution in [0.4, 0.5) is 5.69 Å². The van der Waals surface area contributed by atoms with Crippen molar-refractivity contribution in [3.05, 3.63) is 88.9 Å². The van der Waals surface area contributed by atoms with Gasteiger partial charge in [-0.15, -0.1) is 0 Å². The maximum Gasteiger partial charge on any atom is 0.265 e. The van der Waals surface area contributed by atoms with E-state index in [4.69, 9.17) is 38.2 Å². The minimum atomic E-state index is -0.172. The van der Waals surface area contributed by atoms with Crippen molar-refractivity contribution in [1.29, 1.82) is 5.26 Å². The van der Waals surface area contributed by atoms with Gasteiger partial charge in [0.15, 0.2) is 6.61 Å². The van der Waals surface area contributed by atoms with E-state index < -0.39 is 0 Å². The van der Waals surface area contributed by atoms with Crippen LogP contribution in [0.5, 0.6) is 5.75 Å². The number of pyridine rings is 1. The molecule has 5 rings (SSSR count). The van der Waals surface area contributed by atoms with Crippen LogP contribution >= 0.6 is 23.2 Å². The molecule has 0 saturated heterocycles. The highest BCUT2D eigenvalue weighted by molar-refractivity contribution is 6.31. The number of amides is 1. The van der Waals surface area contributed by atoms with Crippen molar-refractivity contribution >= 4 is 34.8 Å². The number of anilines is 1. The fourth-order valence-electron chi connectivity index (χ4n) is 4.02. The molecule has 35 heavy (non-hydrogen) atoms. The monoisotopic (exact) mass is 499 g/mol. The smallest absolute Gasteiger partial charge is 0.265 e. The molecule has 0 radical (unpaired) electrons. The molecule has 7 heteroatoms. The first-order valence-electron chi connectivity index (χ1n) is 11.0. The first-order chi connectivity index (χ1) is 17.0. The van der Waals surface area contributed by atoms with Gasteiger partial charge in [-0.05, 0) is 65.7 Å². The third kappa shape index (κ3) is 4.85. The zero-order valence-electron chi connectivity index (χ0n) is 18.5. The zero-order chi connectivity index (χ0) is 24.4. The van der Waals surface area contributed by atoms with E-state index >= 15 is 0 Å². The van der Waals surface area contributed by atoms with Gasteiger partial charge < -0.3 is 9.64 Å². The molecule has 2 heterocycles. The average molecular weight is 500 g/mol. The summed E-state index contributed by atoms with van der Waals surface area (Å²) < 4.78 is 5.63. The minimum Gasteiger partial charge on any atom is -0.482 e. The third-order valence-electron chi connectivity index (χ3n) is 5.79. The highest BCUT2D eigenvalue weighted by Crippen LogP contribution is 2.37. The van der Waals surface area contributed by atoms with Gasteiger partial charge in [0.1, 0.15) is 5.75 Å². The molecule has 5 nitrogen and oxygen atoms in total. The molecule has 1 aliphatic heterocycles. The molecule has 1 aliphatic rings. The molecule has 4 aromatic rings. The van der Waals surface area contributed by atoms with Gasteiger partial charge in [-0.25, -0.2) is 4.98 Å². The van der Waals surface area contributed by atoms with E-state index in [1.165, 1.54) is 0 Å². The largest absolute Gasteiger partial charge is 0.482 e. The number of aromatic nitrogens is 1. The van der Waals surface area contributed by atoms with E-state index in [1.54, 1.807) is 4.90 Å². The highest BCUT2D eigenvalue weighted by Gasteiger charge is 2.26. The fraction of sp³-hybridized carbons (Fsp3) is 0.107. The second kappa shape index (κ2) is 9.79. The summed E-state index contributed by atoms with van der Waals surface area (Å²) in [6.45, 7) is 0.270. The number of nitriles is 1. The molecule has 0 N–H and O–H groups in total. The van der Waals surface area contributed by atoms with Gasteiger partial charge in [-0.2, -0.15) is 5.26 Å². The van der Waals surface area contributed by atoms with E-state index in [0.29, 0.717) is 28.0 Å². The van der Waals surface area contributed by atoms with E-state index in [-0.39, 0.29) is 18.9 Å². The van der Waals surface area contributed by atoms with Crippen LogP contribution in [0.3, 0.4) is 0 Å². The van der Waals surface area contributed by atoms with Crippen molar-refractivity contribution in [2.75, 3.05) is 18.1 Å². The zero-order valence-corrected chi connectivity index (χ0v) is 20.1. The Labute approximate surface area is 213 Å². The van der Waals surface area contributed by atoms with Crippen molar-refractivity contribution in [2.45, 2.75) is 6.42 Å². The van der Waals surface area contributed by atoms with E-state index in [9.17, 15) is 4.79 Å². The Kier molecular flexibility index (Phi) is 6.41. The lowest BCUT2D eigenvalue weighted by atomic mass is 9.99. The SMILES string of the molecule is N#CCCN1C(=O)COc2ccc(-c3cc(-c4ccc(Cl)cc4)cc(-c4ccc(Cl)cc4)n3)cc21. The van der Waals surface area contributed by atoms with Crippen LogP contribution in [0.2, 0.25) is 10.0 Å². The summed E-state index contributed by atoms with van der Waals surface area (Å²) in [5, 5.41) is 10.3. The summed E-state index contributed by atoms with van der Waals surface area (Å²) in [4.78, 5) is 19.0. The normalized spacial score (nSPS) is 12.6. The molecule has 1 amide bonds. The minimum absolute atomic E-state index is 0.0389. The lowest BCUT2D eigenvalue weighted by Gasteiger charge is -2.29. The molecule has 0 saturated carbocycles. The number of ether oxygens (including phenoxy) is 1. The second-order valence-electron chi connectivity index (χ2n) is 8.06. The second-order valence-corrected chi connectivity index (χ2v) is 8.94. The summed E-state index contributed by atoms with van der Waals surface area (Å²) in [6.07, 6.45) is 0.237. The van der Waals surface area contributed by atoms with Crippen molar-refractivity contribution in [1.82, 2.24) is 4.98 Å². The predicted molar refractivity (Wildman–Crippen MR) is 139 cm³/mol. The first kappa shape index (κ1) is 22.9. The third-order valence-corrected chi connectivity index (χ3v) is 6.29. The Morgan fingerprint density at radius 2 is 1.43 bits per heavy atom. The van der Waals surface area contributed by atoms with Crippen LogP contribution in [0.25, 0.3) is 33.6 Å². The summed E-state index contributed by atoms with van der Waals surface area (Å²) in [5.41, 5.74) is 5.90. The Hall–Kier alpha value is -3.85. The summed E-state index contributed by atoms with van der Waals surface area (Å²) >= 11 is 12.2. The van der Waals surface area contributed by atoms with Gasteiger partial charge in [0.05, 0.1) is 29.6 Å². The Balaban J connectivity index is 1.64. The predicted octanol–water partition coefficient (Wildman–Crippen LogP) is 7.03. The number of benzene rings is 3. The first-order valence-corrected chi connectivity index (χ1v) is 11.8. The lowest BCUT2D eigenvalue weighted by molar-refractivity contribution is -0.121. The summed E-state index contributed by atoms with van der Waals surface area (Å²) in [7, 11) is 0. The summed E-state index contributed by atoms with van der Waals surface area (Å²) in [5.74, 6) is 0.438. The molecule has 0 unspecified atom stereocenters. The van der Waals surface area contributed by atoms with Crippen LogP contribution in [0.15, 0.2) is 78.9 Å². The molecule has 172 valence electrons. The number of halogens is 2. The van der Waals surface area contributed by atoms with Crippen LogP contribution in [-0.4, -0.2) is 24.0 Å². The van der Waals surface area contributed by atoms with Crippen molar-refractivity contribution in [3.8, 4) is 45.5 Å². The number of hydrogen-bond acceptors (Lipinski definition) is 4. The number of carbonyl (C=O) groups is 1. The number of hydrogen-bond donors (Lipinski definition) is 0. The fourth-order valence-corrected chi connectivity index (χ4v) is 4.28. The standard InChI is InChI=1S/C28H19Cl2N3O2/c29-22-7-2-18(3-8-22)21-14-24(19-4-9-23(30)10-5-19)32-25(15-21)20-6-11-27-26(16-20)33(13-1-12-31)28(34)17-35-27/h2-11,14-16H,1,13,17H2. The average Bonchev–Trinajstić information content (AvgIpc) is 2.88. The highest BCUT2D eigenvalue weighted by atomic mass is 35.5.